The predicted molar refractivity (Wildman–Crippen MR) is 103 cm³/mol. The van der Waals surface area contributed by atoms with E-state index in [0.29, 0.717) is 0 Å². The van der Waals surface area contributed by atoms with Gasteiger partial charge in [0.25, 0.3) is 0 Å². The van der Waals surface area contributed by atoms with Crippen LogP contribution in [0.1, 0.15) is 5.56 Å². The van der Waals surface area contributed by atoms with Crippen molar-refractivity contribution in [1.82, 2.24) is 10.2 Å². The smallest absolute Gasteiger partial charge is 0.326 e. The molecule has 2 aromatic carbocycles. The Morgan fingerprint density at radius 1 is 1.04 bits per heavy atom. The van der Waals surface area contributed by atoms with Crippen molar-refractivity contribution in [3.8, 4) is 0 Å². The van der Waals surface area contributed by atoms with Gasteiger partial charge in [0, 0.05) is 31.9 Å². The van der Waals surface area contributed by atoms with Gasteiger partial charge in [-0.3, -0.25) is 15.0 Å². The maximum absolute atomic E-state index is 13.5. The van der Waals surface area contributed by atoms with Crippen molar-refractivity contribution in [2.24, 2.45) is 0 Å². The van der Waals surface area contributed by atoms with Crippen molar-refractivity contribution in [2.45, 2.75) is 6.92 Å². The van der Waals surface area contributed by atoms with Gasteiger partial charge in [-0.25, -0.2) is 9.18 Å². The van der Waals surface area contributed by atoms with E-state index in [1.165, 1.54) is 29.4 Å². The lowest BCUT2D eigenvalue weighted by Gasteiger charge is -2.35. The van der Waals surface area contributed by atoms with Crippen LogP contribution in [0.4, 0.5) is 20.6 Å². The number of benzene rings is 2. The van der Waals surface area contributed by atoms with E-state index in [4.69, 9.17) is 0 Å². The van der Waals surface area contributed by atoms with E-state index in [9.17, 15) is 14.0 Å². The number of rotatable bonds is 4. The summed E-state index contributed by atoms with van der Waals surface area (Å²) in [5, 5.41) is 4.58. The highest BCUT2D eigenvalue weighted by molar-refractivity contribution is 6.01. The standard InChI is InChI=1S/C20H23FN4O2/c1-15-5-4-6-16(13-15)25-11-9-24(10-12-25)14-19(26)23-20(27)22-18-8-3-2-7-17(18)21/h2-8,13H,9-12,14H2,1H3,(H2,22,23,26,27). The molecule has 1 aliphatic heterocycles. The summed E-state index contributed by atoms with van der Waals surface area (Å²) < 4.78 is 13.5. The highest BCUT2D eigenvalue weighted by Gasteiger charge is 2.20. The highest BCUT2D eigenvalue weighted by Crippen LogP contribution is 2.17. The molecule has 1 fully saturated rings. The summed E-state index contributed by atoms with van der Waals surface area (Å²) in [5.41, 5.74) is 2.44. The fourth-order valence-corrected chi connectivity index (χ4v) is 3.07. The van der Waals surface area contributed by atoms with Crippen LogP contribution < -0.4 is 15.5 Å². The number of nitrogens with one attached hydrogen (secondary N) is 2. The first-order valence-electron chi connectivity index (χ1n) is 8.90. The van der Waals surface area contributed by atoms with Gasteiger partial charge >= 0.3 is 6.03 Å². The van der Waals surface area contributed by atoms with Crippen LogP contribution in [0, 0.1) is 12.7 Å². The van der Waals surface area contributed by atoms with Crippen molar-refractivity contribution in [3.05, 3.63) is 59.9 Å². The molecule has 0 aromatic heterocycles. The number of hydrogen-bond acceptors (Lipinski definition) is 4. The average Bonchev–Trinajstić information content (AvgIpc) is 2.64. The van der Waals surface area contributed by atoms with E-state index < -0.39 is 17.8 Å². The molecule has 0 spiro atoms. The van der Waals surface area contributed by atoms with Gasteiger partial charge in [-0.2, -0.15) is 0 Å². The number of hydrogen-bond donors (Lipinski definition) is 2. The lowest BCUT2D eigenvalue weighted by Crippen LogP contribution is -2.50. The van der Waals surface area contributed by atoms with Crippen molar-refractivity contribution >= 4 is 23.3 Å². The second kappa shape index (κ2) is 8.64. The monoisotopic (exact) mass is 370 g/mol. The van der Waals surface area contributed by atoms with Crippen molar-refractivity contribution < 1.29 is 14.0 Å². The molecular weight excluding hydrogens is 347 g/mol. The van der Waals surface area contributed by atoms with Crippen LogP contribution in [0.15, 0.2) is 48.5 Å². The molecule has 142 valence electrons. The summed E-state index contributed by atoms with van der Waals surface area (Å²) in [6, 6.07) is 13.4. The summed E-state index contributed by atoms with van der Waals surface area (Å²) in [4.78, 5) is 28.2. The first-order valence-corrected chi connectivity index (χ1v) is 8.90. The molecule has 0 atom stereocenters. The second-order valence-corrected chi connectivity index (χ2v) is 6.58. The van der Waals surface area contributed by atoms with Gasteiger partial charge in [0.05, 0.1) is 12.2 Å². The van der Waals surface area contributed by atoms with E-state index in [2.05, 4.69) is 40.7 Å². The maximum atomic E-state index is 13.5. The molecule has 0 radical (unpaired) electrons. The van der Waals surface area contributed by atoms with Gasteiger partial charge in [0.15, 0.2) is 0 Å². The molecule has 2 N–H and O–H groups in total. The third-order valence-corrected chi connectivity index (χ3v) is 4.48. The van der Waals surface area contributed by atoms with Gasteiger partial charge in [-0.05, 0) is 36.8 Å². The number of carbonyl (C=O) groups is 2. The van der Waals surface area contributed by atoms with E-state index in [0.717, 1.165) is 26.2 Å². The predicted octanol–water partition coefficient (Wildman–Crippen LogP) is 2.60. The third-order valence-electron chi connectivity index (χ3n) is 4.48. The van der Waals surface area contributed by atoms with Crippen LogP contribution in [0.25, 0.3) is 0 Å². The Morgan fingerprint density at radius 3 is 2.48 bits per heavy atom. The van der Waals surface area contributed by atoms with Crippen LogP contribution in [0.5, 0.6) is 0 Å². The molecule has 2 aromatic rings. The Kier molecular flexibility index (Phi) is 6.03. The van der Waals surface area contributed by atoms with Gasteiger partial charge in [-0.15, -0.1) is 0 Å². The molecule has 7 heteroatoms. The summed E-state index contributed by atoms with van der Waals surface area (Å²) in [6.45, 7) is 5.30. The van der Waals surface area contributed by atoms with Crippen LogP contribution in [-0.2, 0) is 4.79 Å². The Balaban J connectivity index is 1.44. The number of halogens is 1. The lowest BCUT2D eigenvalue weighted by molar-refractivity contribution is -0.121. The first kappa shape index (κ1) is 18.8. The number of amides is 3. The van der Waals surface area contributed by atoms with E-state index in [1.54, 1.807) is 6.07 Å². The molecule has 1 heterocycles. The molecule has 0 aliphatic carbocycles. The van der Waals surface area contributed by atoms with Crippen LogP contribution in [0.2, 0.25) is 0 Å². The zero-order valence-corrected chi connectivity index (χ0v) is 15.2. The molecule has 6 nitrogen and oxygen atoms in total. The van der Waals surface area contributed by atoms with Gasteiger partial charge in [0.2, 0.25) is 5.91 Å². The van der Waals surface area contributed by atoms with Crippen molar-refractivity contribution in [1.29, 1.82) is 0 Å². The molecule has 3 amide bonds. The van der Waals surface area contributed by atoms with E-state index >= 15 is 0 Å². The molecule has 27 heavy (non-hydrogen) atoms. The maximum Gasteiger partial charge on any atom is 0.326 e. The molecule has 1 aliphatic rings. The van der Waals surface area contributed by atoms with Crippen molar-refractivity contribution in [3.63, 3.8) is 0 Å². The summed E-state index contributed by atoms with van der Waals surface area (Å²) >= 11 is 0. The Morgan fingerprint density at radius 2 is 1.78 bits per heavy atom. The Bertz CT molecular complexity index is 819. The minimum Gasteiger partial charge on any atom is -0.369 e. The third kappa shape index (κ3) is 5.27. The highest BCUT2D eigenvalue weighted by atomic mass is 19.1. The van der Waals surface area contributed by atoms with Gasteiger partial charge in [0.1, 0.15) is 5.82 Å². The largest absolute Gasteiger partial charge is 0.369 e. The summed E-state index contributed by atoms with van der Waals surface area (Å²) in [5.74, 6) is -0.958. The lowest BCUT2D eigenvalue weighted by atomic mass is 10.2. The Labute approximate surface area is 158 Å². The quantitative estimate of drug-likeness (QED) is 0.868. The van der Waals surface area contributed by atoms with Crippen LogP contribution in [-0.4, -0.2) is 49.6 Å². The SMILES string of the molecule is Cc1cccc(N2CCN(CC(=O)NC(=O)Nc3ccccc3F)CC2)c1. The molecule has 0 unspecified atom stereocenters. The number of piperazine rings is 1. The van der Waals surface area contributed by atoms with E-state index in [1.807, 2.05) is 11.0 Å². The zero-order valence-electron chi connectivity index (χ0n) is 15.2. The minimum atomic E-state index is -0.733. The fourth-order valence-electron chi connectivity index (χ4n) is 3.07. The molecule has 1 saturated heterocycles. The Hall–Kier alpha value is -2.93. The zero-order chi connectivity index (χ0) is 19.2. The average molecular weight is 370 g/mol. The fraction of sp³-hybridized carbons (Fsp3) is 0.300. The van der Waals surface area contributed by atoms with Crippen LogP contribution in [0.3, 0.4) is 0 Å². The molecule has 0 saturated carbocycles. The van der Waals surface area contributed by atoms with Crippen LogP contribution >= 0.6 is 0 Å². The number of aryl methyl sites for hydroxylation is 1. The number of para-hydroxylation sites is 1. The number of anilines is 2. The summed E-state index contributed by atoms with van der Waals surface area (Å²) in [6.07, 6.45) is 0. The van der Waals surface area contributed by atoms with Crippen molar-refractivity contribution in [2.75, 3.05) is 42.9 Å². The number of imide groups is 1. The number of nitrogens with zero attached hydrogens (tertiary/aromatic N) is 2. The topological polar surface area (TPSA) is 64.7 Å². The number of urea groups is 1. The normalized spacial score (nSPS) is 14.7. The molecule has 0 bridgehead atoms. The van der Waals surface area contributed by atoms with Gasteiger partial charge in [-0.1, -0.05) is 24.3 Å². The molecule has 3 rings (SSSR count). The number of carbonyl (C=O) groups excluding carboxylic acids is 2. The second-order valence-electron chi connectivity index (χ2n) is 6.58. The minimum absolute atomic E-state index is 0.0366. The molecular formula is C20H23FN4O2. The first-order chi connectivity index (χ1) is 13.0. The van der Waals surface area contributed by atoms with Gasteiger partial charge < -0.3 is 10.2 Å². The summed E-state index contributed by atoms with van der Waals surface area (Å²) in [7, 11) is 0. The van der Waals surface area contributed by atoms with E-state index in [-0.39, 0.29) is 12.2 Å².